The van der Waals surface area contributed by atoms with Gasteiger partial charge in [0.15, 0.2) is 0 Å². The van der Waals surface area contributed by atoms with E-state index in [2.05, 4.69) is 6.92 Å². The first-order chi connectivity index (χ1) is 8.54. The van der Waals surface area contributed by atoms with E-state index in [1.807, 2.05) is 13.0 Å². The minimum Gasteiger partial charge on any atom is -0.507 e. The number of rotatable bonds is 2. The van der Waals surface area contributed by atoms with Gasteiger partial charge >= 0.3 is 0 Å². The largest absolute Gasteiger partial charge is 0.507 e. The number of amides is 1. The highest BCUT2D eigenvalue weighted by molar-refractivity contribution is 5.97. The van der Waals surface area contributed by atoms with Crippen LogP contribution in [0, 0.1) is 12.8 Å². The van der Waals surface area contributed by atoms with E-state index < -0.39 is 0 Å². The normalized spacial score (nSPS) is 23.4. The van der Waals surface area contributed by atoms with Gasteiger partial charge in [-0.3, -0.25) is 4.79 Å². The standard InChI is InChI=1S/C14H20N2O2/c1-9-3-4-11(13(17)7-9)14(18)16-6-5-10(2)12(16)8-15/h3-4,7,10,12,17H,5-6,8,15H2,1-2H3. The highest BCUT2D eigenvalue weighted by atomic mass is 16.3. The van der Waals surface area contributed by atoms with Gasteiger partial charge in [0.2, 0.25) is 0 Å². The third kappa shape index (κ3) is 2.20. The molecular formula is C14H20N2O2. The van der Waals surface area contributed by atoms with Crippen LogP contribution in [0.2, 0.25) is 0 Å². The lowest BCUT2D eigenvalue weighted by molar-refractivity contribution is 0.0724. The summed E-state index contributed by atoms with van der Waals surface area (Å²) in [5.41, 5.74) is 7.04. The highest BCUT2D eigenvalue weighted by Gasteiger charge is 2.34. The molecule has 1 heterocycles. The van der Waals surface area contributed by atoms with Crippen LogP contribution in [0.3, 0.4) is 0 Å². The van der Waals surface area contributed by atoms with Crippen LogP contribution in [0.25, 0.3) is 0 Å². The quantitative estimate of drug-likeness (QED) is 0.833. The Labute approximate surface area is 107 Å². The molecule has 1 fully saturated rings. The predicted molar refractivity (Wildman–Crippen MR) is 70.5 cm³/mol. The Bertz CT molecular complexity index is 459. The van der Waals surface area contributed by atoms with Crippen molar-refractivity contribution in [2.24, 2.45) is 11.7 Å². The van der Waals surface area contributed by atoms with E-state index in [4.69, 9.17) is 5.73 Å². The number of benzene rings is 1. The molecule has 1 saturated heterocycles. The van der Waals surface area contributed by atoms with E-state index in [0.29, 0.717) is 18.0 Å². The molecule has 1 aromatic carbocycles. The van der Waals surface area contributed by atoms with Crippen molar-refractivity contribution >= 4 is 5.91 Å². The summed E-state index contributed by atoms with van der Waals surface area (Å²) in [6.45, 7) is 5.18. The maximum absolute atomic E-state index is 12.4. The minimum absolute atomic E-state index is 0.0512. The highest BCUT2D eigenvalue weighted by Crippen LogP contribution is 2.27. The van der Waals surface area contributed by atoms with Crippen LogP contribution in [0.4, 0.5) is 0 Å². The summed E-state index contributed by atoms with van der Waals surface area (Å²) >= 11 is 0. The predicted octanol–water partition coefficient (Wildman–Crippen LogP) is 1.51. The van der Waals surface area contributed by atoms with Crippen LogP contribution in [-0.4, -0.2) is 35.0 Å². The molecule has 2 atom stereocenters. The number of nitrogens with two attached hydrogens (primary N) is 1. The molecule has 0 aliphatic carbocycles. The molecule has 1 aliphatic heterocycles. The van der Waals surface area contributed by atoms with E-state index in [1.165, 1.54) is 0 Å². The molecule has 0 saturated carbocycles. The van der Waals surface area contributed by atoms with Gasteiger partial charge in [-0.15, -0.1) is 0 Å². The lowest BCUT2D eigenvalue weighted by Gasteiger charge is -2.26. The fraction of sp³-hybridized carbons (Fsp3) is 0.500. The second kappa shape index (κ2) is 4.98. The monoisotopic (exact) mass is 248 g/mol. The van der Waals surface area contributed by atoms with Crippen molar-refractivity contribution in [2.45, 2.75) is 26.3 Å². The Balaban J connectivity index is 2.26. The van der Waals surface area contributed by atoms with E-state index in [0.717, 1.165) is 18.5 Å². The van der Waals surface area contributed by atoms with Crippen molar-refractivity contribution in [1.82, 2.24) is 4.90 Å². The number of likely N-dealkylation sites (tertiary alicyclic amines) is 1. The molecule has 4 heteroatoms. The summed E-state index contributed by atoms with van der Waals surface area (Å²) in [5, 5.41) is 9.87. The van der Waals surface area contributed by atoms with E-state index in [9.17, 15) is 9.90 Å². The third-order valence-corrected chi connectivity index (χ3v) is 3.77. The molecule has 4 nitrogen and oxygen atoms in total. The second-order valence-corrected chi connectivity index (χ2v) is 5.09. The molecule has 0 spiro atoms. The van der Waals surface area contributed by atoms with E-state index in [-0.39, 0.29) is 17.7 Å². The molecule has 1 amide bonds. The van der Waals surface area contributed by atoms with Gasteiger partial charge in [-0.2, -0.15) is 0 Å². The minimum atomic E-state index is -0.118. The first-order valence-electron chi connectivity index (χ1n) is 6.35. The lowest BCUT2D eigenvalue weighted by atomic mass is 10.0. The van der Waals surface area contributed by atoms with Crippen molar-refractivity contribution in [2.75, 3.05) is 13.1 Å². The summed E-state index contributed by atoms with van der Waals surface area (Å²) in [6, 6.07) is 5.22. The van der Waals surface area contributed by atoms with Crippen LogP contribution in [-0.2, 0) is 0 Å². The second-order valence-electron chi connectivity index (χ2n) is 5.09. The Morgan fingerprint density at radius 3 is 2.89 bits per heavy atom. The molecule has 2 rings (SSSR count). The summed E-state index contributed by atoms with van der Waals surface area (Å²) in [4.78, 5) is 14.2. The molecule has 1 aliphatic rings. The first kappa shape index (κ1) is 12.9. The average molecular weight is 248 g/mol. The molecule has 18 heavy (non-hydrogen) atoms. The smallest absolute Gasteiger partial charge is 0.257 e. The van der Waals surface area contributed by atoms with Gasteiger partial charge in [0.25, 0.3) is 5.91 Å². The van der Waals surface area contributed by atoms with Crippen molar-refractivity contribution in [3.8, 4) is 5.75 Å². The molecule has 0 bridgehead atoms. The van der Waals surface area contributed by atoms with Gasteiger partial charge in [0.1, 0.15) is 5.75 Å². The Kier molecular flexibility index (Phi) is 3.57. The van der Waals surface area contributed by atoms with E-state index >= 15 is 0 Å². The Hall–Kier alpha value is -1.55. The number of hydrogen-bond acceptors (Lipinski definition) is 3. The van der Waals surface area contributed by atoms with Crippen molar-refractivity contribution in [3.05, 3.63) is 29.3 Å². The summed E-state index contributed by atoms with van der Waals surface area (Å²) < 4.78 is 0. The zero-order valence-corrected chi connectivity index (χ0v) is 10.9. The van der Waals surface area contributed by atoms with Crippen LogP contribution >= 0.6 is 0 Å². The van der Waals surface area contributed by atoms with Crippen LogP contribution in [0.5, 0.6) is 5.75 Å². The topological polar surface area (TPSA) is 66.6 Å². The third-order valence-electron chi connectivity index (χ3n) is 3.77. The number of hydrogen-bond donors (Lipinski definition) is 2. The van der Waals surface area contributed by atoms with Gasteiger partial charge in [-0.05, 0) is 37.0 Å². The summed E-state index contributed by atoms with van der Waals surface area (Å²) in [7, 11) is 0. The van der Waals surface area contributed by atoms with Crippen LogP contribution in [0.15, 0.2) is 18.2 Å². The maximum atomic E-state index is 12.4. The fourth-order valence-electron chi connectivity index (χ4n) is 2.60. The molecule has 0 aromatic heterocycles. The van der Waals surface area contributed by atoms with Crippen molar-refractivity contribution < 1.29 is 9.90 Å². The van der Waals surface area contributed by atoms with Gasteiger partial charge in [-0.1, -0.05) is 13.0 Å². The average Bonchev–Trinajstić information content (AvgIpc) is 2.69. The molecule has 98 valence electrons. The van der Waals surface area contributed by atoms with E-state index in [1.54, 1.807) is 17.0 Å². The number of aryl methyl sites for hydroxylation is 1. The van der Waals surface area contributed by atoms with Crippen molar-refractivity contribution in [3.63, 3.8) is 0 Å². The molecule has 2 unspecified atom stereocenters. The van der Waals surface area contributed by atoms with Crippen molar-refractivity contribution in [1.29, 1.82) is 0 Å². The maximum Gasteiger partial charge on any atom is 0.257 e. The zero-order valence-electron chi connectivity index (χ0n) is 10.9. The molecule has 3 N–H and O–H groups in total. The first-order valence-corrected chi connectivity index (χ1v) is 6.35. The fourth-order valence-corrected chi connectivity index (χ4v) is 2.60. The molecule has 0 radical (unpaired) electrons. The SMILES string of the molecule is Cc1ccc(C(=O)N2CCC(C)C2CN)c(O)c1. The zero-order chi connectivity index (χ0) is 13.3. The summed E-state index contributed by atoms with van der Waals surface area (Å²) in [6.07, 6.45) is 0.972. The van der Waals surface area contributed by atoms with Gasteiger partial charge in [0.05, 0.1) is 5.56 Å². The van der Waals surface area contributed by atoms with Crippen LogP contribution < -0.4 is 5.73 Å². The number of phenols is 1. The number of nitrogens with zero attached hydrogens (tertiary/aromatic N) is 1. The summed E-state index contributed by atoms with van der Waals surface area (Å²) in [5.74, 6) is 0.356. The van der Waals surface area contributed by atoms with Gasteiger partial charge in [-0.25, -0.2) is 0 Å². The van der Waals surface area contributed by atoms with Gasteiger partial charge < -0.3 is 15.7 Å². The Morgan fingerprint density at radius 2 is 2.28 bits per heavy atom. The van der Waals surface area contributed by atoms with Crippen LogP contribution in [0.1, 0.15) is 29.3 Å². The number of aromatic hydroxyl groups is 1. The Morgan fingerprint density at radius 1 is 1.56 bits per heavy atom. The molecule has 1 aromatic rings. The van der Waals surface area contributed by atoms with Gasteiger partial charge in [0, 0.05) is 19.1 Å². The number of carbonyl (C=O) groups is 1. The number of carbonyl (C=O) groups excluding carboxylic acids is 1. The number of phenolic OH excluding ortho intramolecular Hbond substituents is 1. The lowest BCUT2D eigenvalue weighted by Crippen LogP contribution is -2.42. The molecular weight excluding hydrogens is 228 g/mol.